The van der Waals surface area contributed by atoms with Crippen LogP contribution >= 0.6 is 15.9 Å². The highest BCUT2D eigenvalue weighted by atomic mass is 79.9. The van der Waals surface area contributed by atoms with Crippen LogP contribution in [-0.4, -0.2) is 39.8 Å². The number of benzene rings is 2. The zero-order valence-electron chi connectivity index (χ0n) is 14.6. The fourth-order valence-corrected chi connectivity index (χ4v) is 3.39. The molecular weight excluding hydrogens is 420 g/mol. The van der Waals surface area contributed by atoms with E-state index in [-0.39, 0.29) is 10.8 Å². The van der Waals surface area contributed by atoms with Gasteiger partial charge in [0.2, 0.25) is 15.9 Å². The van der Waals surface area contributed by atoms with Gasteiger partial charge in [-0.05, 0) is 48.5 Å². The van der Waals surface area contributed by atoms with Crippen molar-refractivity contribution in [3.63, 3.8) is 0 Å². The van der Waals surface area contributed by atoms with Gasteiger partial charge in [-0.1, -0.05) is 15.9 Å². The van der Waals surface area contributed by atoms with Gasteiger partial charge in [-0.2, -0.15) is 0 Å². The molecule has 138 valence electrons. The molecule has 0 atom stereocenters. The Morgan fingerprint density at radius 2 is 1.81 bits per heavy atom. The van der Waals surface area contributed by atoms with Crippen molar-refractivity contribution in [3.05, 3.63) is 58.6 Å². The quantitative estimate of drug-likeness (QED) is 0.701. The molecule has 0 radical (unpaired) electrons. The summed E-state index contributed by atoms with van der Waals surface area (Å²) in [4.78, 5) is 12.2. The van der Waals surface area contributed by atoms with E-state index in [1.165, 1.54) is 32.3 Å². The molecule has 26 heavy (non-hydrogen) atoms. The first-order valence-corrected chi connectivity index (χ1v) is 9.82. The topological polar surface area (TPSA) is 75.7 Å². The van der Waals surface area contributed by atoms with E-state index in [1.54, 1.807) is 31.4 Å². The van der Waals surface area contributed by atoms with Crippen molar-refractivity contribution < 1.29 is 17.9 Å². The number of hydrogen-bond donors (Lipinski definition) is 1. The van der Waals surface area contributed by atoms with Crippen LogP contribution in [0.2, 0.25) is 0 Å². The van der Waals surface area contributed by atoms with Crippen LogP contribution in [-0.2, 0) is 14.8 Å². The minimum absolute atomic E-state index is 0.162. The summed E-state index contributed by atoms with van der Waals surface area (Å²) in [5.41, 5.74) is 1.25. The first kappa shape index (κ1) is 20.2. The van der Waals surface area contributed by atoms with Gasteiger partial charge in [-0.3, -0.25) is 4.79 Å². The van der Waals surface area contributed by atoms with Gasteiger partial charge in [0.05, 0.1) is 12.0 Å². The van der Waals surface area contributed by atoms with E-state index in [0.717, 1.165) is 14.3 Å². The highest BCUT2D eigenvalue weighted by Gasteiger charge is 2.16. The summed E-state index contributed by atoms with van der Waals surface area (Å²) < 4.78 is 31.3. The molecule has 0 fully saturated rings. The second-order valence-electron chi connectivity index (χ2n) is 5.52. The summed E-state index contributed by atoms with van der Waals surface area (Å²) in [5, 5.41) is 2.69. The van der Waals surface area contributed by atoms with E-state index in [0.29, 0.717) is 11.4 Å². The van der Waals surface area contributed by atoms with Crippen molar-refractivity contribution in [2.45, 2.75) is 4.90 Å². The molecule has 2 aromatic rings. The maximum atomic E-state index is 12.1. The van der Waals surface area contributed by atoms with Crippen molar-refractivity contribution in [1.29, 1.82) is 0 Å². The molecule has 0 saturated carbocycles. The summed E-state index contributed by atoms with van der Waals surface area (Å²) in [6.45, 7) is 0. The predicted octanol–water partition coefficient (Wildman–Crippen LogP) is 3.36. The SMILES string of the molecule is COc1ccc(Br)cc1/C=C/C(=O)Nc1ccc(S(=O)(=O)N(C)C)cc1. The van der Waals surface area contributed by atoms with E-state index >= 15 is 0 Å². The smallest absolute Gasteiger partial charge is 0.248 e. The zero-order valence-corrected chi connectivity index (χ0v) is 17.0. The zero-order chi connectivity index (χ0) is 19.3. The van der Waals surface area contributed by atoms with Crippen LogP contribution < -0.4 is 10.1 Å². The first-order chi connectivity index (χ1) is 12.2. The van der Waals surface area contributed by atoms with Gasteiger partial charge < -0.3 is 10.1 Å². The van der Waals surface area contributed by atoms with E-state index in [2.05, 4.69) is 21.2 Å². The van der Waals surface area contributed by atoms with Crippen LogP contribution in [0.5, 0.6) is 5.75 Å². The number of ether oxygens (including phenoxy) is 1. The Morgan fingerprint density at radius 1 is 1.15 bits per heavy atom. The standard InChI is InChI=1S/C18H19BrN2O4S/c1-21(2)26(23,24)16-8-6-15(7-9-16)20-18(22)11-4-13-12-14(19)5-10-17(13)25-3/h4-12H,1-3H3,(H,20,22)/b11-4+. The summed E-state index contributed by atoms with van der Waals surface area (Å²) in [6.07, 6.45) is 3.03. The molecule has 0 aliphatic rings. The monoisotopic (exact) mass is 438 g/mol. The average molecular weight is 439 g/mol. The van der Waals surface area contributed by atoms with Crippen molar-refractivity contribution in [2.24, 2.45) is 0 Å². The van der Waals surface area contributed by atoms with E-state index in [1.807, 2.05) is 12.1 Å². The van der Waals surface area contributed by atoms with Gasteiger partial charge in [0, 0.05) is 35.9 Å². The van der Waals surface area contributed by atoms with Gasteiger partial charge in [0.1, 0.15) is 5.75 Å². The van der Waals surface area contributed by atoms with Gasteiger partial charge >= 0.3 is 0 Å². The molecule has 0 heterocycles. The molecule has 1 amide bonds. The Morgan fingerprint density at radius 3 is 2.38 bits per heavy atom. The first-order valence-electron chi connectivity index (χ1n) is 7.59. The Hall–Kier alpha value is -2.16. The minimum Gasteiger partial charge on any atom is -0.496 e. The number of carbonyl (C=O) groups excluding carboxylic acids is 1. The normalized spacial score (nSPS) is 11.7. The molecule has 0 aliphatic heterocycles. The lowest BCUT2D eigenvalue weighted by Crippen LogP contribution is -2.22. The van der Waals surface area contributed by atoms with Gasteiger partial charge in [-0.15, -0.1) is 0 Å². The number of carbonyl (C=O) groups is 1. The van der Waals surface area contributed by atoms with Crippen molar-refractivity contribution in [2.75, 3.05) is 26.5 Å². The fourth-order valence-electron chi connectivity index (χ4n) is 2.11. The Bertz CT molecular complexity index is 923. The predicted molar refractivity (Wildman–Crippen MR) is 106 cm³/mol. The molecule has 0 unspecified atom stereocenters. The lowest BCUT2D eigenvalue weighted by atomic mass is 10.2. The summed E-state index contributed by atoms with van der Waals surface area (Å²) in [7, 11) is 0.996. The second-order valence-corrected chi connectivity index (χ2v) is 8.59. The summed E-state index contributed by atoms with van der Waals surface area (Å²) >= 11 is 3.38. The number of halogens is 1. The number of amides is 1. The highest BCUT2D eigenvalue weighted by molar-refractivity contribution is 9.10. The number of anilines is 1. The molecule has 8 heteroatoms. The van der Waals surface area contributed by atoms with Crippen LogP contribution in [0.4, 0.5) is 5.69 Å². The second kappa shape index (κ2) is 8.48. The Kier molecular flexibility index (Phi) is 6.57. The van der Waals surface area contributed by atoms with Gasteiger partial charge in [0.25, 0.3) is 0 Å². The molecule has 0 bridgehead atoms. The third-order valence-electron chi connectivity index (χ3n) is 3.51. The molecule has 0 aromatic heterocycles. The highest BCUT2D eigenvalue weighted by Crippen LogP contribution is 2.24. The number of nitrogens with zero attached hydrogens (tertiary/aromatic N) is 1. The molecule has 0 spiro atoms. The third kappa shape index (κ3) is 4.94. The van der Waals surface area contributed by atoms with Crippen LogP contribution in [0, 0.1) is 0 Å². The van der Waals surface area contributed by atoms with E-state index in [4.69, 9.17) is 4.74 Å². The molecule has 2 aromatic carbocycles. The van der Waals surface area contributed by atoms with E-state index < -0.39 is 10.0 Å². The Labute approximate surface area is 161 Å². The number of sulfonamides is 1. The third-order valence-corrected chi connectivity index (χ3v) is 5.83. The summed E-state index contributed by atoms with van der Waals surface area (Å²) in [5.74, 6) is 0.311. The van der Waals surface area contributed by atoms with Gasteiger partial charge in [-0.25, -0.2) is 12.7 Å². The molecule has 6 nitrogen and oxygen atoms in total. The van der Waals surface area contributed by atoms with Crippen LogP contribution in [0.1, 0.15) is 5.56 Å². The van der Waals surface area contributed by atoms with Crippen LogP contribution in [0.15, 0.2) is 57.9 Å². The van der Waals surface area contributed by atoms with Crippen molar-refractivity contribution >= 4 is 43.6 Å². The molecule has 2 rings (SSSR count). The van der Waals surface area contributed by atoms with E-state index in [9.17, 15) is 13.2 Å². The largest absolute Gasteiger partial charge is 0.496 e. The average Bonchev–Trinajstić information content (AvgIpc) is 2.60. The number of methoxy groups -OCH3 is 1. The van der Waals surface area contributed by atoms with Gasteiger partial charge in [0.15, 0.2) is 0 Å². The van der Waals surface area contributed by atoms with Crippen molar-refractivity contribution in [3.8, 4) is 5.75 Å². The molecular formula is C18H19BrN2O4S. The number of hydrogen-bond acceptors (Lipinski definition) is 4. The molecule has 0 saturated heterocycles. The Balaban J connectivity index is 2.10. The number of nitrogens with one attached hydrogen (secondary N) is 1. The fraction of sp³-hybridized carbons (Fsp3) is 0.167. The maximum Gasteiger partial charge on any atom is 0.248 e. The number of rotatable bonds is 6. The summed E-state index contributed by atoms with van der Waals surface area (Å²) in [6, 6.07) is 11.5. The lowest BCUT2D eigenvalue weighted by Gasteiger charge is -2.11. The molecule has 1 N–H and O–H groups in total. The lowest BCUT2D eigenvalue weighted by molar-refractivity contribution is -0.111. The minimum atomic E-state index is -3.49. The maximum absolute atomic E-state index is 12.1. The van der Waals surface area contributed by atoms with Crippen LogP contribution in [0.25, 0.3) is 6.08 Å². The van der Waals surface area contributed by atoms with Crippen molar-refractivity contribution in [1.82, 2.24) is 4.31 Å². The molecule has 0 aliphatic carbocycles. The van der Waals surface area contributed by atoms with Crippen LogP contribution in [0.3, 0.4) is 0 Å².